The van der Waals surface area contributed by atoms with Crippen LogP contribution in [0.2, 0.25) is 0 Å². The van der Waals surface area contributed by atoms with Crippen LogP contribution in [0.4, 0.5) is 4.39 Å². The lowest BCUT2D eigenvalue weighted by Crippen LogP contribution is -2.01. The van der Waals surface area contributed by atoms with E-state index in [-0.39, 0.29) is 5.56 Å². The highest BCUT2D eigenvalue weighted by Gasteiger charge is 2.10. The zero-order chi connectivity index (χ0) is 12.8. The molecule has 1 rings (SSSR count). The Kier molecular flexibility index (Phi) is 5.48. The van der Waals surface area contributed by atoms with Gasteiger partial charge in [0.1, 0.15) is 5.82 Å². The summed E-state index contributed by atoms with van der Waals surface area (Å²) < 4.78 is 13.4. The molecule has 0 saturated heterocycles. The molecule has 1 atom stereocenters. The maximum atomic E-state index is 13.4. The Labute approximate surface area is 105 Å². The Morgan fingerprint density at radius 2 is 2.24 bits per heavy atom. The van der Waals surface area contributed by atoms with Crippen LogP contribution in [0.3, 0.4) is 0 Å². The number of aromatic carboxylic acids is 1. The van der Waals surface area contributed by atoms with E-state index in [1.165, 1.54) is 12.1 Å². The number of halogens is 1. The molecular weight excluding hydrogens is 239 g/mol. The van der Waals surface area contributed by atoms with Crippen molar-refractivity contribution in [3.63, 3.8) is 0 Å². The standard InChI is InChI=1S/C13H17FO2S/c1-3-9(2)7-17-8-10-4-5-11(13(15)16)12(14)6-10/h4-6,9H,3,7-8H2,1-2H3,(H,15,16). The molecule has 0 heterocycles. The molecular formula is C13H17FO2S. The van der Waals surface area contributed by atoms with Crippen LogP contribution in [0.1, 0.15) is 36.2 Å². The SMILES string of the molecule is CCC(C)CSCc1ccc(C(=O)O)c(F)c1. The van der Waals surface area contributed by atoms with Crippen molar-refractivity contribution < 1.29 is 14.3 Å². The Morgan fingerprint density at radius 3 is 2.76 bits per heavy atom. The molecule has 0 aromatic heterocycles. The van der Waals surface area contributed by atoms with Crippen LogP contribution < -0.4 is 0 Å². The van der Waals surface area contributed by atoms with Crippen molar-refractivity contribution >= 4 is 17.7 Å². The van der Waals surface area contributed by atoms with Crippen LogP contribution >= 0.6 is 11.8 Å². The Morgan fingerprint density at radius 1 is 1.53 bits per heavy atom. The smallest absolute Gasteiger partial charge is 0.338 e. The number of benzene rings is 1. The van der Waals surface area contributed by atoms with Gasteiger partial charge in [-0.1, -0.05) is 26.3 Å². The van der Waals surface area contributed by atoms with Gasteiger partial charge in [0.05, 0.1) is 5.56 Å². The predicted molar refractivity (Wildman–Crippen MR) is 69.0 cm³/mol. The summed E-state index contributed by atoms with van der Waals surface area (Å²) in [6.07, 6.45) is 1.14. The molecule has 1 N–H and O–H groups in total. The molecule has 94 valence electrons. The van der Waals surface area contributed by atoms with Crippen molar-refractivity contribution in [1.82, 2.24) is 0 Å². The highest BCUT2D eigenvalue weighted by atomic mass is 32.2. The zero-order valence-electron chi connectivity index (χ0n) is 10.1. The molecule has 0 aliphatic heterocycles. The lowest BCUT2D eigenvalue weighted by Gasteiger charge is -2.08. The summed E-state index contributed by atoms with van der Waals surface area (Å²) in [6.45, 7) is 4.33. The Bertz CT molecular complexity index is 393. The first kappa shape index (κ1) is 14.0. The van der Waals surface area contributed by atoms with Crippen molar-refractivity contribution in [2.24, 2.45) is 5.92 Å². The fraction of sp³-hybridized carbons (Fsp3) is 0.462. The second-order valence-corrected chi connectivity index (χ2v) is 5.18. The number of hydrogen-bond acceptors (Lipinski definition) is 2. The lowest BCUT2D eigenvalue weighted by molar-refractivity contribution is 0.0692. The topological polar surface area (TPSA) is 37.3 Å². The summed E-state index contributed by atoms with van der Waals surface area (Å²) in [4.78, 5) is 10.6. The summed E-state index contributed by atoms with van der Waals surface area (Å²) >= 11 is 1.75. The van der Waals surface area contributed by atoms with Gasteiger partial charge >= 0.3 is 5.97 Å². The zero-order valence-corrected chi connectivity index (χ0v) is 10.9. The predicted octanol–water partition coefficient (Wildman–Crippen LogP) is 3.80. The van der Waals surface area contributed by atoms with Gasteiger partial charge in [0.15, 0.2) is 0 Å². The van der Waals surface area contributed by atoms with Gasteiger partial charge in [0.2, 0.25) is 0 Å². The average Bonchev–Trinajstić information content (AvgIpc) is 2.28. The molecule has 1 aromatic carbocycles. The average molecular weight is 256 g/mol. The molecule has 0 spiro atoms. The van der Waals surface area contributed by atoms with Crippen LogP contribution in [-0.4, -0.2) is 16.8 Å². The number of thioether (sulfide) groups is 1. The molecule has 0 aliphatic rings. The minimum atomic E-state index is -1.22. The van der Waals surface area contributed by atoms with E-state index in [0.717, 1.165) is 23.5 Å². The molecule has 0 aliphatic carbocycles. The van der Waals surface area contributed by atoms with Gasteiger partial charge in [0.25, 0.3) is 0 Å². The summed E-state index contributed by atoms with van der Waals surface area (Å²) in [5.74, 6) is 0.545. The van der Waals surface area contributed by atoms with Crippen LogP contribution in [0.25, 0.3) is 0 Å². The fourth-order valence-electron chi connectivity index (χ4n) is 1.32. The molecule has 1 unspecified atom stereocenters. The quantitative estimate of drug-likeness (QED) is 0.841. The maximum Gasteiger partial charge on any atom is 0.338 e. The van der Waals surface area contributed by atoms with Crippen molar-refractivity contribution in [3.8, 4) is 0 Å². The van der Waals surface area contributed by atoms with Crippen LogP contribution in [0.5, 0.6) is 0 Å². The highest BCUT2D eigenvalue weighted by molar-refractivity contribution is 7.98. The molecule has 1 aromatic rings. The lowest BCUT2D eigenvalue weighted by atomic mass is 10.1. The number of hydrogen-bond donors (Lipinski definition) is 1. The van der Waals surface area contributed by atoms with Gasteiger partial charge < -0.3 is 5.11 Å². The summed E-state index contributed by atoms with van der Waals surface area (Å²) in [6, 6.07) is 4.32. The molecule has 17 heavy (non-hydrogen) atoms. The van der Waals surface area contributed by atoms with Crippen molar-refractivity contribution in [2.75, 3.05) is 5.75 Å². The molecule has 2 nitrogen and oxygen atoms in total. The van der Waals surface area contributed by atoms with E-state index in [4.69, 9.17) is 5.11 Å². The van der Waals surface area contributed by atoms with Gasteiger partial charge in [-0.15, -0.1) is 0 Å². The highest BCUT2D eigenvalue weighted by Crippen LogP contribution is 2.19. The first-order valence-electron chi connectivity index (χ1n) is 5.64. The third kappa shape index (κ3) is 4.38. The van der Waals surface area contributed by atoms with Crippen molar-refractivity contribution in [2.45, 2.75) is 26.0 Å². The monoisotopic (exact) mass is 256 g/mol. The van der Waals surface area contributed by atoms with Crippen LogP contribution in [0.15, 0.2) is 18.2 Å². The minimum absolute atomic E-state index is 0.263. The fourth-order valence-corrected chi connectivity index (χ4v) is 2.49. The number of rotatable bonds is 6. The van der Waals surface area contributed by atoms with E-state index in [1.807, 2.05) is 0 Å². The van der Waals surface area contributed by atoms with Gasteiger partial charge in [-0.25, -0.2) is 9.18 Å². The number of carboxylic acids is 1. The van der Waals surface area contributed by atoms with E-state index < -0.39 is 11.8 Å². The molecule has 0 fully saturated rings. The van der Waals surface area contributed by atoms with Gasteiger partial charge in [-0.2, -0.15) is 11.8 Å². The number of carbonyl (C=O) groups is 1. The summed E-state index contributed by atoms with van der Waals surface area (Å²) in [5.41, 5.74) is 0.571. The van der Waals surface area contributed by atoms with Crippen LogP contribution in [-0.2, 0) is 5.75 Å². The second-order valence-electron chi connectivity index (χ2n) is 4.15. The van der Waals surface area contributed by atoms with E-state index >= 15 is 0 Å². The second kappa shape index (κ2) is 6.64. The summed E-state index contributed by atoms with van der Waals surface area (Å²) in [5, 5.41) is 8.69. The number of carboxylic acid groups (broad SMARTS) is 1. The summed E-state index contributed by atoms with van der Waals surface area (Å²) in [7, 11) is 0. The molecule has 0 bridgehead atoms. The third-order valence-corrected chi connectivity index (χ3v) is 3.97. The largest absolute Gasteiger partial charge is 0.478 e. The Hall–Kier alpha value is -1.03. The van der Waals surface area contributed by atoms with E-state index in [0.29, 0.717) is 5.92 Å². The molecule has 0 radical (unpaired) electrons. The van der Waals surface area contributed by atoms with E-state index in [2.05, 4.69) is 13.8 Å². The Balaban J connectivity index is 2.56. The van der Waals surface area contributed by atoms with Gasteiger partial charge in [-0.3, -0.25) is 0 Å². The molecule has 0 amide bonds. The first-order chi connectivity index (χ1) is 8.04. The van der Waals surface area contributed by atoms with Crippen molar-refractivity contribution in [1.29, 1.82) is 0 Å². The minimum Gasteiger partial charge on any atom is -0.478 e. The third-order valence-electron chi connectivity index (χ3n) is 2.63. The first-order valence-corrected chi connectivity index (χ1v) is 6.79. The van der Waals surface area contributed by atoms with Crippen molar-refractivity contribution in [3.05, 3.63) is 35.1 Å². The van der Waals surface area contributed by atoms with E-state index in [1.54, 1.807) is 17.8 Å². The van der Waals surface area contributed by atoms with Gasteiger partial charge in [-0.05, 0) is 29.4 Å². The molecule has 0 saturated carbocycles. The molecule has 4 heteroatoms. The van der Waals surface area contributed by atoms with Crippen LogP contribution in [0, 0.1) is 11.7 Å². The van der Waals surface area contributed by atoms with Gasteiger partial charge in [0, 0.05) is 5.75 Å². The van der Waals surface area contributed by atoms with E-state index in [9.17, 15) is 9.18 Å². The normalized spacial score (nSPS) is 12.4. The maximum absolute atomic E-state index is 13.4.